The van der Waals surface area contributed by atoms with Crippen LogP contribution < -0.4 is 0 Å². The zero-order valence-electron chi connectivity index (χ0n) is 25.6. The second kappa shape index (κ2) is 11.5. The van der Waals surface area contributed by atoms with Crippen LogP contribution in [0.2, 0.25) is 0 Å². The fourth-order valence-electron chi connectivity index (χ4n) is 7.08. The van der Waals surface area contributed by atoms with Crippen LogP contribution >= 0.6 is 11.3 Å². The molecular formula is C46H28S. The molecule has 0 amide bonds. The number of thiophene rings is 1. The van der Waals surface area contributed by atoms with E-state index in [9.17, 15) is 0 Å². The van der Waals surface area contributed by atoms with Crippen molar-refractivity contribution in [3.05, 3.63) is 182 Å². The lowest BCUT2D eigenvalue weighted by molar-refractivity contribution is 1.64. The molecule has 0 fully saturated rings. The minimum atomic E-state index is 1.08. The minimum Gasteiger partial charge on any atom is -0.135 e. The van der Waals surface area contributed by atoms with Gasteiger partial charge in [-0.2, -0.15) is 0 Å². The van der Waals surface area contributed by atoms with Gasteiger partial charge >= 0.3 is 0 Å². The summed E-state index contributed by atoms with van der Waals surface area (Å²) in [6.45, 7) is 0. The number of fused-ring (bicyclic) bond motifs is 3. The molecule has 9 rings (SSSR count). The number of hydrogen-bond donors (Lipinski definition) is 0. The SMILES string of the molecule is c1cccc(-c2ccc(-c3cccc(-c4c5ccccc5c(-c5ccc(-c6ccccc6)c6ccccc56)c5ccccc45)c3)s2)c#1. The van der Waals surface area contributed by atoms with Crippen LogP contribution in [-0.2, 0) is 0 Å². The maximum absolute atomic E-state index is 3.25. The summed E-state index contributed by atoms with van der Waals surface area (Å²) in [5.41, 5.74) is 9.83. The highest BCUT2D eigenvalue weighted by molar-refractivity contribution is 7.18. The summed E-state index contributed by atoms with van der Waals surface area (Å²) < 4.78 is 0. The van der Waals surface area contributed by atoms with E-state index >= 15 is 0 Å². The Morgan fingerprint density at radius 3 is 1.60 bits per heavy atom. The first-order valence-electron chi connectivity index (χ1n) is 15.9. The molecule has 9 aromatic rings. The van der Waals surface area contributed by atoms with Crippen LogP contribution in [0.3, 0.4) is 0 Å². The van der Waals surface area contributed by atoms with E-state index in [-0.39, 0.29) is 0 Å². The van der Waals surface area contributed by atoms with Gasteiger partial charge in [-0.1, -0.05) is 152 Å². The lowest BCUT2D eigenvalue weighted by Gasteiger charge is -2.20. The van der Waals surface area contributed by atoms with Gasteiger partial charge in [0.15, 0.2) is 0 Å². The molecule has 0 nitrogen and oxygen atoms in total. The van der Waals surface area contributed by atoms with Crippen molar-refractivity contribution in [3.8, 4) is 54.3 Å². The van der Waals surface area contributed by atoms with Crippen LogP contribution in [0, 0.1) is 12.1 Å². The molecule has 0 radical (unpaired) electrons. The summed E-state index contributed by atoms with van der Waals surface area (Å²) in [6, 6.07) is 67.8. The molecule has 0 aliphatic carbocycles. The predicted molar refractivity (Wildman–Crippen MR) is 202 cm³/mol. The summed E-state index contributed by atoms with van der Waals surface area (Å²) in [5.74, 6) is 0. The van der Waals surface area contributed by atoms with Crippen molar-refractivity contribution in [1.29, 1.82) is 0 Å². The maximum Gasteiger partial charge on any atom is 0.0433 e. The van der Waals surface area contributed by atoms with Crippen molar-refractivity contribution in [3.63, 3.8) is 0 Å². The zero-order chi connectivity index (χ0) is 31.2. The van der Waals surface area contributed by atoms with Crippen LogP contribution in [0.15, 0.2) is 170 Å². The molecule has 0 unspecified atom stereocenters. The van der Waals surface area contributed by atoms with E-state index in [0.29, 0.717) is 0 Å². The van der Waals surface area contributed by atoms with Crippen molar-refractivity contribution in [2.45, 2.75) is 0 Å². The van der Waals surface area contributed by atoms with E-state index in [1.54, 1.807) is 11.3 Å². The third-order valence-corrected chi connectivity index (χ3v) is 10.3. The summed E-state index contributed by atoms with van der Waals surface area (Å²) in [5, 5.41) is 7.58. The van der Waals surface area contributed by atoms with E-state index in [1.807, 2.05) is 12.1 Å². The highest BCUT2D eigenvalue weighted by atomic mass is 32.1. The molecule has 1 aromatic heterocycles. The molecular weight excluding hydrogens is 585 g/mol. The second-order valence-corrected chi connectivity index (χ2v) is 13.0. The molecule has 0 spiro atoms. The Bertz CT molecular complexity index is 2500. The van der Waals surface area contributed by atoms with E-state index in [1.165, 1.54) is 81.0 Å². The third-order valence-electron chi connectivity index (χ3n) is 9.17. The highest BCUT2D eigenvalue weighted by Gasteiger charge is 2.19. The molecule has 0 saturated heterocycles. The maximum atomic E-state index is 3.25. The van der Waals surface area contributed by atoms with E-state index in [4.69, 9.17) is 0 Å². The Morgan fingerprint density at radius 2 is 0.915 bits per heavy atom. The van der Waals surface area contributed by atoms with Gasteiger partial charge in [0.05, 0.1) is 0 Å². The topological polar surface area (TPSA) is 0 Å². The standard InChI is InChI=1S/C46H28S/c1-3-14-31(15-4-1)35-26-27-42(37-21-8-7-20-36(35)37)46-40-24-11-9-22-38(40)45(39-23-10-12-25-41(39)46)34-19-13-18-33(30-34)44-29-28-43(47-44)32-16-5-2-6-17-32/h1-5,7-16,18-30H. The van der Waals surface area contributed by atoms with Crippen molar-refractivity contribution >= 4 is 43.7 Å². The number of benzene rings is 7. The Labute approximate surface area is 278 Å². The zero-order valence-corrected chi connectivity index (χ0v) is 26.4. The quantitative estimate of drug-likeness (QED) is 0.170. The van der Waals surface area contributed by atoms with Crippen molar-refractivity contribution < 1.29 is 0 Å². The molecule has 47 heavy (non-hydrogen) atoms. The highest BCUT2D eigenvalue weighted by Crippen LogP contribution is 2.47. The first-order valence-corrected chi connectivity index (χ1v) is 16.8. The van der Waals surface area contributed by atoms with Gasteiger partial charge in [-0.3, -0.25) is 0 Å². The third kappa shape index (κ3) is 4.70. The molecule has 0 aliphatic heterocycles. The van der Waals surface area contributed by atoms with Gasteiger partial charge in [0.2, 0.25) is 0 Å². The second-order valence-electron chi connectivity index (χ2n) is 11.9. The van der Waals surface area contributed by atoms with Gasteiger partial charge in [0, 0.05) is 15.3 Å². The average Bonchev–Trinajstić information content (AvgIpc) is 3.65. The summed E-state index contributed by atoms with van der Waals surface area (Å²) in [4.78, 5) is 2.45. The van der Waals surface area contributed by atoms with Gasteiger partial charge in [0.1, 0.15) is 0 Å². The Morgan fingerprint density at radius 1 is 0.362 bits per heavy atom. The lowest BCUT2D eigenvalue weighted by atomic mass is 9.83. The first-order chi connectivity index (χ1) is 23.3. The van der Waals surface area contributed by atoms with E-state index in [0.717, 1.165) is 5.56 Å². The van der Waals surface area contributed by atoms with Crippen LogP contribution in [-0.4, -0.2) is 0 Å². The molecule has 1 heterocycles. The van der Waals surface area contributed by atoms with Gasteiger partial charge in [-0.25, -0.2) is 0 Å². The fourth-order valence-corrected chi connectivity index (χ4v) is 8.06. The molecule has 0 atom stereocenters. The van der Waals surface area contributed by atoms with Crippen molar-refractivity contribution in [2.75, 3.05) is 0 Å². The summed E-state index contributed by atoms with van der Waals surface area (Å²) in [6.07, 6.45) is 0. The lowest BCUT2D eigenvalue weighted by Crippen LogP contribution is -1.92. The number of hydrogen-bond acceptors (Lipinski definition) is 1. The van der Waals surface area contributed by atoms with Crippen LogP contribution in [0.5, 0.6) is 0 Å². The Kier molecular flexibility index (Phi) is 6.67. The van der Waals surface area contributed by atoms with Gasteiger partial charge < -0.3 is 0 Å². The van der Waals surface area contributed by atoms with Crippen LogP contribution in [0.1, 0.15) is 0 Å². The van der Waals surface area contributed by atoms with Crippen LogP contribution in [0.25, 0.3) is 86.6 Å². The first kappa shape index (κ1) is 27.4. The largest absolute Gasteiger partial charge is 0.135 e. The minimum absolute atomic E-state index is 1.08. The molecule has 0 aliphatic rings. The average molecular weight is 613 g/mol. The number of rotatable bonds is 5. The van der Waals surface area contributed by atoms with E-state index < -0.39 is 0 Å². The van der Waals surface area contributed by atoms with Gasteiger partial charge in [0.25, 0.3) is 0 Å². The molecule has 0 N–H and O–H groups in total. The molecule has 0 saturated carbocycles. The Hall–Kier alpha value is -5.94. The van der Waals surface area contributed by atoms with Gasteiger partial charge in [-0.15, -0.1) is 11.3 Å². The van der Waals surface area contributed by atoms with Crippen molar-refractivity contribution in [2.24, 2.45) is 0 Å². The van der Waals surface area contributed by atoms with Gasteiger partial charge in [-0.05, 0) is 102 Å². The predicted octanol–water partition coefficient (Wildman–Crippen LogP) is 13.1. The molecule has 218 valence electrons. The molecule has 8 aromatic carbocycles. The Balaban J connectivity index is 1.27. The molecule has 0 bridgehead atoms. The fraction of sp³-hybridized carbons (Fsp3) is 0. The normalized spacial score (nSPS) is 11.2. The summed E-state index contributed by atoms with van der Waals surface area (Å²) >= 11 is 1.80. The monoisotopic (exact) mass is 612 g/mol. The van der Waals surface area contributed by atoms with Crippen molar-refractivity contribution in [1.82, 2.24) is 0 Å². The smallest absolute Gasteiger partial charge is 0.0433 e. The molecule has 1 heteroatoms. The van der Waals surface area contributed by atoms with Crippen LogP contribution in [0.4, 0.5) is 0 Å². The van der Waals surface area contributed by atoms with E-state index in [2.05, 4.69) is 170 Å². The summed E-state index contributed by atoms with van der Waals surface area (Å²) in [7, 11) is 0.